The van der Waals surface area contributed by atoms with E-state index in [9.17, 15) is 4.57 Å². The third-order valence-corrected chi connectivity index (χ3v) is 6.55. The molecule has 0 heterocycles. The molecule has 0 aliphatic carbocycles. The van der Waals surface area contributed by atoms with E-state index in [0.717, 1.165) is 30.7 Å². The van der Waals surface area contributed by atoms with Crippen molar-refractivity contribution in [2.45, 2.75) is 46.7 Å². The molecular formula is C13H31NO3P+. The molecule has 0 saturated heterocycles. The van der Waals surface area contributed by atoms with Crippen LogP contribution in [0.3, 0.4) is 0 Å². The van der Waals surface area contributed by atoms with Gasteiger partial charge in [-0.2, -0.15) is 0 Å². The molecule has 5 heteroatoms. The zero-order valence-corrected chi connectivity index (χ0v) is 14.0. The predicted octanol–water partition coefficient (Wildman–Crippen LogP) is 3.52. The van der Waals surface area contributed by atoms with Crippen molar-refractivity contribution in [2.24, 2.45) is 0 Å². The van der Waals surface area contributed by atoms with Crippen molar-refractivity contribution in [3.8, 4) is 0 Å². The fourth-order valence-corrected chi connectivity index (χ4v) is 3.38. The number of likely N-dealkylation sites (N-methyl/N-ethyl adjacent to an activating group) is 1. The first-order valence-electron chi connectivity index (χ1n) is 6.85. The lowest BCUT2D eigenvalue weighted by Crippen LogP contribution is -2.49. The van der Waals surface area contributed by atoms with Crippen LogP contribution in [0, 0.1) is 0 Å². The van der Waals surface area contributed by atoms with Crippen molar-refractivity contribution in [1.29, 1.82) is 0 Å². The highest BCUT2D eigenvalue weighted by atomic mass is 31.2. The molecule has 0 aliphatic rings. The standard InChI is InChI=1S/C13H31NO3P/c1-8-14(9-2,10-3)11-12-17-18(15,16-7)13(4,5)6/h8-12H2,1-7H3/q+1. The highest BCUT2D eigenvalue weighted by molar-refractivity contribution is 7.55. The van der Waals surface area contributed by atoms with Crippen LogP contribution in [-0.4, -0.2) is 49.5 Å². The first-order valence-corrected chi connectivity index (χ1v) is 8.40. The Bertz CT molecular complexity index is 274. The Balaban J connectivity index is 4.54. The summed E-state index contributed by atoms with van der Waals surface area (Å²) >= 11 is 0. The van der Waals surface area contributed by atoms with Gasteiger partial charge in [0.05, 0.1) is 24.8 Å². The van der Waals surface area contributed by atoms with Crippen molar-refractivity contribution >= 4 is 7.60 Å². The van der Waals surface area contributed by atoms with E-state index in [4.69, 9.17) is 9.05 Å². The maximum Gasteiger partial charge on any atom is 0.335 e. The SMILES string of the molecule is CC[N+](CC)(CC)CCOP(=O)(OC)C(C)(C)C. The van der Waals surface area contributed by atoms with E-state index in [1.807, 2.05) is 20.8 Å². The van der Waals surface area contributed by atoms with Crippen molar-refractivity contribution in [3.63, 3.8) is 0 Å². The lowest BCUT2D eigenvalue weighted by Gasteiger charge is -2.36. The van der Waals surface area contributed by atoms with E-state index in [1.54, 1.807) is 0 Å². The lowest BCUT2D eigenvalue weighted by atomic mass is 10.3. The normalized spacial score (nSPS) is 16.6. The Morgan fingerprint density at radius 1 is 1.06 bits per heavy atom. The molecule has 110 valence electrons. The first-order chi connectivity index (χ1) is 8.20. The van der Waals surface area contributed by atoms with E-state index in [-0.39, 0.29) is 0 Å². The van der Waals surface area contributed by atoms with Gasteiger partial charge in [-0.1, -0.05) is 0 Å². The van der Waals surface area contributed by atoms with E-state index in [0.29, 0.717) is 6.61 Å². The summed E-state index contributed by atoms with van der Waals surface area (Å²) in [6.07, 6.45) is 0. The van der Waals surface area contributed by atoms with Crippen molar-refractivity contribution in [3.05, 3.63) is 0 Å². The van der Waals surface area contributed by atoms with Gasteiger partial charge in [-0.15, -0.1) is 0 Å². The van der Waals surface area contributed by atoms with Gasteiger partial charge >= 0.3 is 7.60 Å². The Hall–Kier alpha value is 0.110. The highest BCUT2D eigenvalue weighted by Crippen LogP contribution is 2.58. The van der Waals surface area contributed by atoms with Crippen LogP contribution in [0.2, 0.25) is 0 Å². The zero-order valence-electron chi connectivity index (χ0n) is 13.2. The third kappa shape index (κ3) is 4.34. The second-order valence-electron chi connectivity index (χ2n) is 5.70. The second kappa shape index (κ2) is 7.04. The van der Waals surface area contributed by atoms with Gasteiger partial charge in [-0.05, 0) is 41.5 Å². The quantitative estimate of drug-likeness (QED) is 0.504. The van der Waals surface area contributed by atoms with Gasteiger partial charge in [-0.25, -0.2) is 0 Å². The summed E-state index contributed by atoms with van der Waals surface area (Å²) < 4.78 is 24.3. The van der Waals surface area contributed by atoms with Crippen molar-refractivity contribution in [2.75, 3.05) is 39.9 Å². The Kier molecular flexibility index (Phi) is 7.09. The molecule has 0 fully saturated rings. The molecule has 0 spiro atoms. The van der Waals surface area contributed by atoms with Gasteiger partial charge in [0, 0.05) is 7.11 Å². The molecule has 0 N–H and O–H groups in total. The summed E-state index contributed by atoms with van der Waals surface area (Å²) in [5.74, 6) is 0. The van der Waals surface area contributed by atoms with E-state index < -0.39 is 12.8 Å². The van der Waals surface area contributed by atoms with Gasteiger partial charge in [0.1, 0.15) is 13.2 Å². The summed E-state index contributed by atoms with van der Waals surface area (Å²) in [5.41, 5.74) is 0. The number of rotatable bonds is 8. The number of hydrogen-bond acceptors (Lipinski definition) is 3. The summed E-state index contributed by atoms with van der Waals surface area (Å²) in [6.45, 7) is 16.8. The molecular weight excluding hydrogens is 249 g/mol. The monoisotopic (exact) mass is 280 g/mol. The average Bonchev–Trinajstić information content (AvgIpc) is 2.33. The molecule has 0 aliphatic heterocycles. The molecule has 0 radical (unpaired) electrons. The average molecular weight is 280 g/mol. The molecule has 0 aromatic carbocycles. The summed E-state index contributed by atoms with van der Waals surface area (Å²) in [7, 11) is -1.55. The van der Waals surface area contributed by atoms with Crippen LogP contribution in [0.4, 0.5) is 0 Å². The van der Waals surface area contributed by atoms with E-state index >= 15 is 0 Å². The summed E-state index contributed by atoms with van der Waals surface area (Å²) in [5, 5.41) is -0.470. The van der Waals surface area contributed by atoms with Gasteiger partial charge in [-0.3, -0.25) is 4.57 Å². The third-order valence-electron chi connectivity index (χ3n) is 3.90. The molecule has 0 saturated carbocycles. The molecule has 1 unspecified atom stereocenters. The highest BCUT2D eigenvalue weighted by Gasteiger charge is 2.39. The summed E-state index contributed by atoms with van der Waals surface area (Å²) in [6, 6.07) is 0. The van der Waals surface area contributed by atoms with Gasteiger partial charge in [0.2, 0.25) is 0 Å². The second-order valence-corrected chi connectivity index (χ2v) is 8.66. The van der Waals surface area contributed by atoms with Gasteiger partial charge in [0.15, 0.2) is 0 Å². The lowest BCUT2D eigenvalue weighted by molar-refractivity contribution is -0.923. The molecule has 18 heavy (non-hydrogen) atoms. The topological polar surface area (TPSA) is 35.5 Å². The van der Waals surface area contributed by atoms with Crippen LogP contribution in [0.1, 0.15) is 41.5 Å². The Morgan fingerprint density at radius 3 is 1.78 bits per heavy atom. The molecule has 0 bridgehead atoms. The maximum absolute atomic E-state index is 12.5. The Morgan fingerprint density at radius 2 is 1.50 bits per heavy atom. The fourth-order valence-electron chi connectivity index (χ4n) is 2.02. The van der Waals surface area contributed by atoms with Gasteiger partial charge < -0.3 is 13.5 Å². The minimum atomic E-state index is -3.01. The maximum atomic E-state index is 12.5. The predicted molar refractivity (Wildman–Crippen MR) is 77.1 cm³/mol. The molecule has 0 aromatic rings. The molecule has 0 amide bonds. The van der Waals surface area contributed by atoms with Gasteiger partial charge in [0.25, 0.3) is 0 Å². The molecule has 4 nitrogen and oxygen atoms in total. The zero-order chi connectivity index (χ0) is 14.4. The minimum absolute atomic E-state index is 0.470. The van der Waals surface area contributed by atoms with Crippen LogP contribution in [0.5, 0.6) is 0 Å². The molecule has 0 aromatic heterocycles. The van der Waals surface area contributed by atoms with Crippen LogP contribution < -0.4 is 0 Å². The minimum Gasteiger partial charge on any atom is -0.322 e. The van der Waals surface area contributed by atoms with Crippen LogP contribution >= 0.6 is 7.60 Å². The summed E-state index contributed by atoms with van der Waals surface area (Å²) in [4.78, 5) is 0. The largest absolute Gasteiger partial charge is 0.335 e. The fraction of sp³-hybridized carbons (Fsp3) is 1.00. The van der Waals surface area contributed by atoms with Crippen LogP contribution in [0.25, 0.3) is 0 Å². The first kappa shape index (κ1) is 18.1. The smallest absolute Gasteiger partial charge is 0.322 e. The van der Waals surface area contributed by atoms with E-state index in [2.05, 4.69) is 20.8 Å². The molecule has 0 rings (SSSR count). The van der Waals surface area contributed by atoms with E-state index in [1.165, 1.54) is 7.11 Å². The number of hydrogen-bond donors (Lipinski definition) is 0. The van der Waals surface area contributed by atoms with Crippen LogP contribution in [-0.2, 0) is 13.6 Å². The number of nitrogens with zero attached hydrogens (tertiary/aromatic N) is 1. The van der Waals surface area contributed by atoms with Crippen LogP contribution in [0.15, 0.2) is 0 Å². The van der Waals surface area contributed by atoms with Crippen molar-refractivity contribution < 1.29 is 18.1 Å². The van der Waals surface area contributed by atoms with Crippen molar-refractivity contribution in [1.82, 2.24) is 0 Å². The number of quaternary nitrogens is 1. The Labute approximate surface area is 113 Å². The molecule has 1 atom stereocenters.